The zero-order chi connectivity index (χ0) is 10.0. The summed E-state index contributed by atoms with van der Waals surface area (Å²) in [5, 5.41) is 11.3. The highest BCUT2D eigenvalue weighted by atomic mass is 35.5. The van der Waals surface area contributed by atoms with Crippen LogP contribution in [0.4, 0.5) is 4.39 Å². The molecule has 0 heterocycles. The summed E-state index contributed by atoms with van der Waals surface area (Å²) < 4.78 is 12.7. The van der Waals surface area contributed by atoms with Crippen molar-refractivity contribution in [1.29, 1.82) is 0 Å². The van der Waals surface area contributed by atoms with Crippen molar-refractivity contribution in [2.24, 2.45) is 0 Å². The monoisotopic (exact) mass is 203 g/mol. The molecule has 5 heteroatoms. The lowest BCUT2D eigenvalue weighted by atomic mass is 10.2. The van der Waals surface area contributed by atoms with Gasteiger partial charge in [-0.1, -0.05) is 11.6 Å². The summed E-state index contributed by atoms with van der Waals surface area (Å²) in [5.74, 6) is -1.66. The lowest BCUT2D eigenvalue weighted by Gasteiger charge is -2.04. The summed E-state index contributed by atoms with van der Waals surface area (Å²) in [4.78, 5) is 11.0. The second-order valence-corrected chi connectivity index (χ2v) is 2.77. The summed E-state index contributed by atoms with van der Waals surface area (Å²) in [5.41, 5.74) is -0.174. The zero-order valence-electron chi connectivity index (χ0n) is 6.77. The van der Waals surface area contributed by atoms with Gasteiger partial charge in [-0.25, -0.2) is 4.39 Å². The van der Waals surface area contributed by atoms with E-state index >= 15 is 0 Å². The first-order chi connectivity index (χ1) is 6.06. The molecule has 0 aliphatic carbocycles. The normalized spacial score (nSPS) is 9.77. The predicted octanol–water partition coefficient (Wildman–Crippen LogP) is 1.54. The second kappa shape index (κ2) is 3.62. The number of amides is 1. The SMILES string of the molecule is CNC(=O)c1cc(F)cc(Cl)c1O. The van der Waals surface area contributed by atoms with Crippen LogP contribution in [0.2, 0.25) is 5.02 Å². The van der Waals surface area contributed by atoms with E-state index in [1.807, 2.05) is 0 Å². The lowest BCUT2D eigenvalue weighted by Crippen LogP contribution is -2.18. The number of halogens is 2. The summed E-state index contributed by atoms with van der Waals surface area (Å²) in [6.45, 7) is 0. The lowest BCUT2D eigenvalue weighted by molar-refractivity contribution is 0.0960. The van der Waals surface area contributed by atoms with Gasteiger partial charge in [-0.05, 0) is 12.1 Å². The average Bonchev–Trinajstić information content (AvgIpc) is 2.10. The molecular weight excluding hydrogens is 197 g/mol. The molecule has 0 fully saturated rings. The number of rotatable bonds is 1. The first kappa shape index (κ1) is 9.80. The Morgan fingerprint density at radius 3 is 2.77 bits per heavy atom. The fraction of sp³-hybridized carbons (Fsp3) is 0.125. The van der Waals surface area contributed by atoms with Gasteiger partial charge < -0.3 is 10.4 Å². The second-order valence-electron chi connectivity index (χ2n) is 2.36. The van der Waals surface area contributed by atoms with Crippen molar-refractivity contribution < 1.29 is 14.3 Å². The number of carbonyl (C=O) groups excluding carboxylic acids is 1. The van der Waals surface area contributed by atoms with Gasteiger partial charge in [0, 0.05) is 7.05 Å². The van der Waals surface area contributed by atoms with Gasteiger partial charge >= 0.3 is 0 Å². The van der Waals surface area contributed by atoms with Crippen LogP contribution in [0, 0.1) is 5.82 Å². The molecule has 0 aliphatic rings. The van der Waals surface area contributed by atoms with E-state index < -0.39 is 17.5 Å². The van der Waals surface area contributed by atoms with Crippen molar-refractivity contribution >= 4 is 17.5 Å². The Hall–Kier alpha value is -1.29. The molecule has 0 bridgehead atoms. The van der Waals surface area contributed by atoms with E-state index in [0.717, 1.165) is 12.1 Å². The molecule has 1 amide bonds. The molecule has 0 unspecified atom stereocenters. The van der Waals surface area contributed by atoms with Crippen LogP contribution < -0.4 is 5.32 Å². The Morgan fingerprint density at radius 2 is 2.23 bits per heavy atom. The van der Waals surface area contributed by atoms with Crippen molar-refractivity contribution in [2.45, 2.75) is 0 Å². The molecule has 3 nitrogen and oxygen atoms in total. The Kier molecular flexibility index (Phi) is 2.72. The highest BCUT2D eigenvalue weighted by molar-refractivity contribution is 6.32. The van der Waals surface area contributed by atoms with E-state index in [-0.39, 0.29) is 10.6 Å². The van der Waals surface area contributed by atoms with Gasteiger partial charge in [0.15, 0.2) is 0 Å². The third kappa shape index (κ3) is 1.89. The van der Waals surface area contributed by atoms with E-state index in [0.29, 0.717) is 0 Å². The minimum Gasteiger partial charge on any atom is -0.506 e. The van der Waals surface area contributed by atoms with Crippen LogP contribution >= 0.6 is 11.6 Å². The van der Waals surface area contributed by atoms with Crippen molar-refractivity contribution in [2.75, 3.05) is 7.05 Å². The molecular formula is C8H7ClFNO2. The summed E-state index contributed by atoms with van der Waals surface area (Å²) in [6, 6.07) is 1.85. The fourth-order valence-corrected chi connectivity index (χ4v) is 1.08. The Morgan fingerprint density at radius 1 is 1.62 bits per heavy atom. The van der Waals surface area contributed by atoms with Crippen LogP contribution in [0.5, 0.6) is 5.75 Å². The van der Waals surface area contributed by atoms with E-state index in [4.69, 9.17) is 11.6 Å². The molecule has 0 aromatic heterocycles. The van der Waals surface area contributed by atoms with E-state index in [1.54, 1.807) is 0 Å². The van der Waals surface area contributed by atoms with Gasteiger partial charge in [0.1, 0.15) is 11.6 Å². The Balaban J connectivity index is 3.28. The van der Waals surface area contributed by atoms with Crippen LogP contribution in [-0.4, -0.2) is 18.1 Å². The van der Waals surface area contributed by atoms with Crippen molar-refractivity contribution in [3.8, 4) is 5.75 Å². The maximum Gasteiger partial charge on any atom is 0.254 e. The number of phenols is 1. The topological polar surface area (TPSA) is 49.3 Å². The summed E-state index contributed by atoms with van der Waals surface area (Å²) >= 11 is 5.45. The number of benzene rings is 1. The van der Waals surface area contributed by atoms with Crippen LogP contribution in [0.25, 0.3) is 0 Å². The van der Waals surface area contributed by atoms with Crippen LogP contribution in [-0.2, 0) is 0 Å². The van der Waals surface area contributed by atoms with Crippen LogP contribution in [0.1, 0.15) is 10.4 Å². The van der Waals surface area contributed by atoms with Crippen molar-refractivity contribution in [3.05, 3.63) is 28.5 Å². The molecule has 0 aliphatic heterocycles. The zero-order valence-corrected chi connectivity index (χ0v) is 7.52. The molecule has 13 heavy (non-hydrogen) atoms. The van der Waals surface area contributed by atoms with Gasteiger partial charge in [0.25, 0.3) is 5.91 Å². The van der Waals surface area contributed by atoms with E-state index in [2.05, 4.69) is 5.32 Å². The predicted molar refractivity (Wildman–Crippen MR) is 46.5 cm³/mol. The standard InChI is InChI=1S/C8H7ClFNO2/c1-11-8(13)5-2-4(10)3-6(9)7(5)12/h2-3,12H,1H3,(H,11,13). The number of aromatic hydroxyl groups is 1. The minimum absolute atomic E-state index is 0.174. The van der Waals surface area contributed by atoms with Gasteiger partial charge in [-0.3, -0.25) is 4.79 Å². The quantitative estimate of drug-likeness (QED) is 0.728. The number of carbonyl (C=O) groups is 1. The molecule has 0 saturated carbocycles. The first-order valence-electron chi connectivity index (χ1n) is 3.46. The Labute approximate surface area is 79.1 Å². The van der Waals surface area contributed by atoms with Gasteiger partial charge in [0.05, 0.1) is 10.6 Å². The number of hydrogen-bond acceptors (Lipinski definition) is 2. The summed E-state index contributed by atoms with van der Waals surface area (Å²) in [6.07, 6.45) is 0. The molecule has 0 spiro atoms. The first-order valence-corrected chi connectivity index (χ1v) is 3.84. The summed E-state index contributed by atoms with van der Waals surface area (Å²) in [7, 11) is 1.38. The fourth-order valence-electron chi connectivity index (χ4n) is 0.874. The Bertz CT molecular complexity index is 354. The van der Waals surface area contributed by atoms with E-state index in [9.17, 15) is 14.3 Å². The van der Waals surface area contributed by atoms with Gasteiger partial charge in [-0.15, -0.1) is 0 Å². The maximum absolute atomic E-state index is 12.7. The molecule has 0 atom stereocenters. The molecule has 1 aromatic rings. The molecule has 0 saturated heterocycles. The highest BCUT2D eigenvalue weighted by Gasteiger charge is 2.14. The number of hydrogen-bond donors (Lipinski definition) is 2. The third-order valence-corrected chi connectivity index (χ3v) is 1.79. The molecule has 70 valence electrons. The van der Waals surface area contributed by atoms with Crippen LogP contribution in [0.3, 0.4) is 0 Å². The third-order valence-electron chi connectivity index (χ3n) is 1.50. The van der Waals surface area contributed by atoms with Gasteiger partial charge in [-0.2, -0.15) is 0 Å². The smallest absolute Gasteiger partial charge is 0.254 e. The van der Waals surface area contributed by atoms with Gasteiger partial charge in [0.2, 0.25) is 0 Å². The molecule has 2 N–H and O–H groups in total. The molecule has 1 aromatic carbocycles. The molecule has 0 radical (unpaired) electrons. The van der Waals surface area contributed by atoms with Crippen LogP contribution in [0.15, 0.2) is 12.1 Å². The minimum atomic E-state index is -0.665. The highest BCUT2D eigenvalue weighted by Crippen LogP contribution is 2.28. The van der Waals surface area contributed by atoms with Crippen molar-refractivity contribution in [1.82, 2.24) is 5.32 Å². The number of nitrogens with one attached hydrogen (secondary N) is 1. The van der Waals surface area contributed by atoms with Crippen molar-refractivity contribution in [3.63, 3.8) is 0 Å². The molecule has 1 rings (SSSR count). The average molecular weight is 204 g/mol. The van der Waals surface area contributed by atoms with E-state index in [1.165, 1.54) is 7.05 Å². The largest absolute Gasteiger partial charge is 0.506 e. The maximum atomic E-state index is 12.7. The number of phenolic OH excluding ortho intramolecular Hbond substituents is 1.